The van der Waals surface area contributed by atoms with Crippen LogP contribution in [0.2, 0.25) is 0 Å². The largest absolute Gasteiger partial charge is 0.316 e. The van der Waals surface area contributed by atoms with Gasteiger partial charge in [-0.3, -0.25) is 9.48 Å². The van der Waals surface area contributed by atoms with Crippen molar-refractivity contribution in [1.29, 1.82) is 0 Å². The van der Waals surface area contributed by atoms with Gasteiger partial charge in [0.1, 0.15) is 5.00 Å². The van der Waals surface area contributed by atoms with Crippen LogP contribution >= 0.6 is 23.7 Å². The van der Waals surface area contributed by atoms with E-state index in [1.807, 2.05) is 33.3 Å². The summed E-state index contributed by atoms with van der Waals surface area (Å²) >= 11 is 1.52. The Morgan fingerprint density at radius 1 is 1.45 bits per heavy atom. The Bertz CT molecular complexity index is 668. The summed E-state index contributed by atoms with van der Waals surface area (Å²) in [6.45, 7) is 5.38. The molecule has 0 spiro atoms. The second-order valence-electron chi connectivity index (χ2n) is 5.46. The molecule has 0 radical (unpaired) electrons. The maximum Gasteiger partial charge on any atom is 0.230 e. The van der Waals surface area contributed by atoms with Gasteiger partial charge < -0.3 is 10.6 Å². The Balaban J connectivity index is 0.00000176. The highest BCUT2D eigenvalue weighted by Gasteiger charge is 2.35. The van der Waals surface area contributed by atoms with Gasteiger partial charge in [-0.15, -0.1) is 23.7 Å². The number of amides is 1. The van der Waals surface area contributed by atoms with Crippen LogP contribution in [0.5, 0.6) is 0 Å². The molecule has 1 fully saturated rings. The molecule has 2 N–H and O–H groups in total. The predicted octanol–water partition coefficient (Wildman–Crippen LogP) is 1.86. The molecule has 22 heavy (non-hydrogen) atoms. The molecule has 6 nitrogen and oxygen atoms in total. The molecule has 1 aliphatic rings. The lowest BCUT2D eigenvalue weighted by atomic mass is 9.90. The van der Waals surface area contributed by atoms with E-state index in [9.17, 15) is 4.79 Å². The van der Waals surface area contributed by atoms with Gasteiger partial charge in [-0.2, -0.15) is 5.10 Å². The zero-order valence-corrected chi connectivity index (χ0v) is 14.4. The summed E-state index contributed by atoms with van der Waals surface area (Å²) in [5.74, 6) is 0.157. The van der Waals surface area contributed by atoms with Crippen molar-refractivity contribution in [3.63, 3.8) is 0 Å². The van der Waals surface area contributed by atoms with Gasteiger partial charge in [0, 0.05) is 32.3 Å². The molecule has 120 valence electrons. The zero-order valence-electron chi connectivity index (χ0n) is 12.8. The van der Waals surface area contributed by atoms with E-state index >= 15 is 0 Å². The Morgan fingerprint density at radius 3 is 2.82 bits per heavy atom. The number of halogens is 1. The van der Waals surface area contributed by atoms with Crippen molar-refractivity contribution in [2.45, 2.75) is 19.8 Å². The van der Waals surface area contributed by atoms with Crippen LogP contribution < -0.4 is 10.6 Å². The van der Waals surface area contributed by atoms with E-state index in [1.54, 1.807) is 4.68 Å². The number of thiazole rings is 1. The number of nitrogens with zero attached hydrogens (tertiary/aromatic N) is 3. The van der Waals surface area contributed by atoms with Gasteiger partial charge in [0.25, 0.3) is 0 Å². The molecule has 2 aromatic heterocycles. The first-order chi connectivity index (χ1) is 10.0. The molecule has 0 aliphatic carbocycles. The Kier molecular flexibility index (Phi) is 5.20. The summed E-state index contributed by atoms with van der Waals surface area (Å²) in [7, 11) is 1.89. The Morgan fingerprint density at radius 2 is 2.23 bits per heavy atom. The second kappa shape index (κ2) is 6.76. The van der Waals surface area contributed by atoms with Gasteiger partial charge in [0.2, 0.25) is 5.91 Å². The SMILES string of the molecule is Cc1nc(C)c(NC(=O)[C@H]2CNC[C@@H]2c2cnn(C)c2)s1.Cl. The van der Waals surface area contributed by atoms with Crippen LogP contribution in [0.4, 0.5) is 5.00 Å². The van der Waals surface area contributed by atoms with Crippen molar-refractivity contribution >= 4 is 34.7 Å². The molecule has 3 heterocycles. The average Bonchev–Trinajstić information content (AvgIpc) is 3.10. The summed E-state index contributed by atoms with van der Waals surface area (Å²) < 4.78 is 1.78. The maximum absolute atomic E-state index is 12.6. The van der Waals surface area contributed by atoms with Crippen LogP contribution in [0.15, 0.2) is 12.4 Å². The van der Waals surface area contributed by atoms with Crippen LogP contribution in [0.3, 0.4) is 0 Å². The molecular formula is C14H20ClN5OS. The highest BCUT2D eigenvalue weighted by atomic mass is 35.5. The number of hydrogen-bond acceptors (Lipinski definition) is 5. The van der Waals surface area contributed by atoms with Gasteiger partial charge in [-0.25, -0.2) is 4.98 Å². The van der Waals surface area contributed by atoms with Crippen LogP contribution in [0, 0.1) is 19.8 Å². The highest BCUT2D eigenvalue weighted by Crippen LogP contribution is 2.30. The Hall–Kier alpha value is -1.44. The summed E-state index contributed by atoms with van der Waals surface area (Å²) in [5.41, 5.74) is 1.99. The zero-order chi connectivity index (χ0) is 15.0. The second-order valence-corrected chi connectivity index (χ2v) is 6.66. The molecule has 3 rings (SSSR count). The minimum atomic E-state index is -0.0731. The van der Waals surface area contributed by atoms with Crippen LogP contribution in [0.25, 0.3) is 0 Å². The molecule has 1 amide bonds. The maximum atomic E-state index is 12.6. The number of hydrogen-bond donors (Lipinski definition) is 2. The van der Waals surface area contributed by atoms with E-state index in [0.717, 1.165) is 27.8 Å². The number of anilines is 1. The standard InChI is InChI=1S/C14H19N5OS.ClH/c1-8-14(21-9(2)17-8)18-13(20)12-6-15-5-11(12)10-4-16-19(3)7-10;/h4,7,11-12,15H,5-6H2,1-3H3,(H,18,20);1H/t11-,12+;/m1./s1. The molecule has 8 heteroatoms. The predicted molar refractivity (Wildman–Crippen MR) is 89.8 cm³/mol. The van der Waals surface area contributed by atoms with Gasteiger partial charge in [0.05, 0.1) is 22.8 Å². The fourth-order valence-corrected chi connectivity index (χ4v) is 3.61. The fraction of sp³-hybridized carbons (Fsp3) is 0.500. The molecule has 1 saturated heterocycles. The normalized spacial score (nSPS) is 20.7. The molecular weight excluding hydrogens is 322 g/mol. The van der Waals surface area contributed by atoms with Gasteiger partial charge in [-0.05, 0) is 19.4 Å². The number of carbonyl (C=O) groups is 1. The molecule has 0 aromatic carbocycles. The van der Waals surface area contributed by atoms with Crippen LogP contribution in [0.1, 0.15) is 22.2 Å². The molecule has 2 aromatic rings. The number of aryl methyl sites for hydroxylation is 3. The monoisotopic (exact) mass is 341 g/mol. The third kappa shape index (κ3) is 3.31. The van der Waals surface area contributed by atoms with E-state index in [4.69, 9.17) is 0 Å². The number of aromatic nitrogens is 3. The topological polar surface area (TPSA) is 71.8 Å². The van der Waals surface area contributed by atoms with Gasteiger partial charge in [-0.1, -0.05) is 0 Å². The molecule has 2 atom stereocenters. The van der Waals surface area contributed by atoms with E-state index < -0.39 is 0 Å². The lowest BCUT2D eigenvalue weighted by Gasteiger charge is -2.16. The minimum absolute atomic E-state index is 0. The first-order valence-corrected chi connectivity index (χ1v) is 7.80. The number of carbonyl (C=O) groups excluding carboxylic acids is 1. The smallest absolute Gasteiger partial charge is 0.230 e. The van der Waals surface area contributed by atoms with E-state index in [1.165, 1.54) is 11.3 Å². The third-order valence-electron chi connectivity index (χ3n) is 3.84. The molecule has 1 aliphatic heterocycles. The fourth-order valence-electron chi connectivity index (χ4n) is 2.79. The molecule has 0 unspecified atom stereocenters. The van der Waals surface area contributed by atoms with Crippen molar-refractivity contribution in [1.82, 2.24) is 20.1 Å². The van der Waals surface area contributed by atoms with Crippen molar-refractivity contribution in [3.05, 3.63) is 28.7 Å². The lowest BCUT2D eigenvalue weighted by molar-refractivity contribution is -0.119. The van der Waals surface area contributed by atoms with Crippen molar-refractivity contribution in [3.8, 4) is 0 Å². The summed E-state index contributed by atoms with van der Waals surface area (Å²) in [5, 5.41) is 12.4. The molecule has 0 bridgehead atoms. The summed E-state index contributed by atoms with van der Waals surface area (Å²) in [4.78, 5) is 16.9. The minimum Gasteiger partial charge on any atom is -0.316 e. The van der Waals surface area contributed by atoms with Gasteiger partial charge in [0.15, 0.2) is 0 Å². The highest BCUT2D eigenvalue weighted by molar-refractivity contribution is 7.16. The summed E-state index contributed by atoms with van der Waals surface area (Å²) in [6, 6.07) is 0. The van der Waals surface area contributed by atoms with Crippen LogP contribution in [-0.4, -0.2) is 33.8 Å². The average molecular weight is 342 g/mol. The quantitative estimate of drug-likeness (QED) is 0.893. The lowest BCUT2D eigenvalue weighted by Crippen LogP contribution is -2.27. The van der Waals surface area contributed by atoms with Crippen molar-refractivity contribution in [2.24, 2.45) is 13.0 Å². The van der Waals surface area contributed by atoms with E-state index in [-0.39, 0.29) is 30.2 Å². The van der Waals surface area contributed by atoms with E-state index in [2.05, 4.69) is 20.7 Å². The number of rotatable bonds is 3. The number of nitrogens with one attached hydrogen (secondary N) is 2. The van der Waals surface area contributed by atoms with Crippen LogP contribution in [-0.2, 0) is 11.8 Å². The van der Waals surface area contributed by atoms with E-state index in [0.29, 0.717) is 6.54 Å². The Labute approximate surface area is 139 Å². The van der Waals surface area contributed by atoms with Crippen molar-refractivity contribution in [2.75, 3.05) is 18.4 Å². The first-order valence-electron chi connectivity index (χ1n) is 6.98. The first kappa shape index (κ1) is 16.9. The van der Waals surface area contributed by atoms with Gasteiger partial charge >= 0.3 is 0 Å². The van der Waals surface area contributed by atoms with Crippen molar-refractivity contribution < 1.29 is 4.79 Å². The third-order valence-corrected chi connectivity index (χ3v) is 4.83. The summed E-state index contributed by atoms with van der Waals surface area (Å²) in [6.07, 6.45) is 3.83. The molecule has 0 saturated carbocycles.